The van der Waals surface area contributed by atoms with Crippen LogP contribution in [-0.4, -0.2) is 0 Å². The number of furan rings is 1. The minimum Gasteiger partial charge on any atom is -0.455 e. The predicted molar refractivity (Wildman–Crippen MR) is 216 cm³/mol. The minimum absolute atomic E-state index is 0.00662. The highest BCUT2D eigenvalue weighted by atomic mass is 16.3. The van der Waals surface area contributed by atoms with Crippen LogP contribution in [0.2, 0.25) is 0 Å². The summed E-state index contributed by atoms with van der Waals surface area (Å²) >= 11 is 0. The molecule has 0 fully saturated rings. The van der Waals surface area contributed by atoms with Crippen molar-refractivity contribution >= 4 is 43.3 Å². The molecule has 0 spiro atoms. The molecule has 9 aromatic carbocycles. The summed E-state index contributed by atoms with van der Waals surface area (Å²) in [6.45, 7) is 0. The highest BCUT2D eigenvalue weighted by molar-refractivity contribution is 6.25. The monoisotopic (exact) mass is 663 g/mol. The van der Waals surface area contributed by atoms with E-state index in [9.17, 15) is 6.85 Å². The van der Waals surface area contributed by atoms with E-state index in [4.69, 9.17) is 18.1 Å². The fourth-order valence-electron chi connectivity index (χ4n) is 7.09. The van der Waals surface area contributed by atoms with Gasteiger partial charge in [-0.1, -0.05) is 194 Å². The summed E-state index contributed by atoms with van der Waals surface area (Å²) in [5.74, 6) is 0.104. The van der Waals surface area contributed by atoms with Crippen LogP contribution in [0.4, 0.5) is 0 Å². The fraction of sp³-hybridized carbons (Fsp3) is 0. The molecule has 1 heteroatoms. The summed E-state index contributed by atoms with van der Waals surface area (Å²) in [4.78, 5) is 0. The van der Waals surface area contributed by atoms with Crippen molar-refractivity contribution in [3.63, 3.8) is 0 Å². The molecule has 10 aromatic rings. The molecule has 1 heterocycles. The zero-order valence-electron chi connectivity index (χ0n) is 41.7. The average molecular weight is 664 g/mol. The summed E-state index contributed by atoms with van der Waals surface area (Å²) in [5.41, 5.74) is 2.68. The number of fused-ring (bicyclic) bond motifs is 4. The maximum atomic E-state index is 9.65. The molecule has 0 atom stereocenters. The lowest BCUT2D eigenvalue weighted by atomic mass is 9.84. The normalized spacial score (nSPS) is 15.6. The Kier molecular flexibility index (Phi) is 4.19. The Morgan fingerprint density at radius 2 is 0.863 bits per heavy atom. The van der Waals surface area contributed by atoms with Crippen molar-refractivity contribution in [3.8, 4) is 55.8 Å². The van der Waals surface area contributed by atoms with Gasteiger partial charge in [-0.15, -0.1) is 0 Å². The van der Waals surface area contributed by atoms with E-state index in [0.29, 0.717) is 16.7 Å². The van der Waals surface area contributed by atoms with Gasteiger partial charge in [0.1, 0.15) is 11.3 Å². The highest BCUT2D eigenvalue weighted by Crippen LogP contribution is 2.52. The van der Waals surface area contributed by atoms with E-state index < -0.39 is 90.6 Å². The summed E-state index contributed by atoms with van der Waals surface area (Å²) < 4.78 is 143. The van der Waals surface area contributed by atoms with E-state index in [-0.39, 0.29) is 76.9 Å². The Balaban J connectivity index is 1.51. The molecule has 0 aliphatic rings. The SMILES string of the molecule is [2H]c1c([2H])c([2H])c2c(-c3cccc4c(-c5c6c([2H])c([2H])c([2H])c([2H])c6c(-c6ccccc6)c6c([2H])c([2H])c([2H])c([2H])c56)c(-c5ccccc5-c5ccccc5)oc34)c([2H])c([2H])c([2H])c2c1[2H]. The average Bonchev–Trinajstić information content (AvgIpc) is 3.73. The Hall–Kier alpha value is -6.70. The topological polar surface area (TPSA) is 13.1 Å². The fourth-order valence-corrected chi connectivity index (χ4v) is 7.09. The molecule has 0 saturated carbocycles. The lowest BCUT2D eigenvalue weighted by Gasteiger charge is -2.18. The zero-order valence-corrected chi connectivity index (χ0v) is 26.7. The first-order valence-electron chi connectivity index (χ1n) is 23.8. The predicted octanol–water partition coefficient (Wildman–Crippen LogP) is 14.2. The maximum Gasteiger partial charge on any atom is 0.143 e. The Labute approximate surface area is 317 Å². The van der Waals surface area contributed by atoms with E-state index in [1.54, 1.807) is 60.7 Å². The van der Waals surface area contributed by atoms with Crippen molar-refractivity contribution in [3.05, 3.63) is 194 Å². The standard InChI is InChI=1S/C50H32O/c1-3-17-33(18-4-1)37-24-9-14-29-43(37)50-48(45-32-16-31-44(49(45)51-50)38-30-15-22-34-19-7-8-23-36(34)38)47-41-27-12-10-25-39(41)46(35-20-5-2-6-21-35)40-26-11-13-28-42(40)47/h1-32H/i7D,8D,10D,11D,12D,13D,15D,19D,22D,23D,25D,26D,27D,28D,30D. The Morgan fingerprint density at radius 1 is 0.333 bits per heavy atom. The van der Waals surface area contributed by atoms with Gasteiger partial charge in [0.15, 0.2) is 0 Å². The Morgan fingerprint density at radius 3 is 1.55 bits per heavy atom. The van der Waals surface area contributed by atoms with Gasteiger partial charge in [0.25, 0.3) is 0 Å². The molecule has 0 aliphatic carbocycles. The van der Waals surface area contributed by atoms with E-state index in [1.165, 1.54) is 0 Å². The number of rotatable bonds is 5. The van der Waals surface area contributed by atoms with Crippen LogP contribution in [0.5, 0.6) is 0 Å². The summed E-state index contributed by atoms with van der Waals surface area (Å²) in [5, 5.41) is -0.338. The van der Waals surface area contributed by atoms with Gasteiger partial charge in [-0.25, -0.2) is 0 Å². The van der Waals surface area contributed by atoms with E-state index in [1.807, 2.05) is 42.5 Å². The van der Waals surface area contributed by atoms with E-state index in [0.717, 1.165) is 5.56 Å². The van der Waals surface area contributed by atoms with Crippen molar-refractivity contribution in [2.75, 3.05) is 0 Å². The number of benzene rings is 9. The van der Waals surface area contributed by atoms with Crippen molar-refractivity contribution in [1.29, 1.82) is 0 Å². The molecule has 0 saturated heterocycles. The quantitative estimate of drug-likeness (QED) is 0.167. The summed E-state index contributed by atoms with van der Waals surface area (Å²) in [6.07, 6.45) is 0. The molecule has 0 N–H and O–H groups in total. The highest BCUT2D eigenvalue weighted by Gasteiger charge is 2.26. The third-order valence-corrected chi connectivity index (χ3v) is 9.24. The molecule has 0 radical (unpaired) electrons. The number of hydrogen-bond donors (Lipinski definition) is 0. The van der Waals surface area contributed by atoms with Gasteiger partial charge in [0, 0.05) is 27.6 Å². The largest absolute Gasteiger partial charge is 0.455 e. The second-order valence-corrected chi connectivity index (χ2v) is 12.0. The molecule has 1 nitrogen and oxygen atoms in total. The molecule has 0 amide bonds. The van der Waals surface area contributed by atoms with Gasteiger partial charge < -0.3 is 4.42 Å². The van der Waals surface area contributed by atoms with Crippen LogP contribution in [0.3, 0.4) is 0 Å². The van der Waals surface area contributed by atoms with Gasteiger partial charge in [-0.2, -0.15) is 0 Å². The molecule has 238 valence electrons. The molecule has 51 heavy (non-hydrogen) atoms. The molecular formula is C50H32O. The lowest BCUT2D eigenvalue weighted by Crippen LogP contribution is -1.92. The molecule has 10 rings (SSSR count). The maximum absolute atomic E-state index is 9.65. The second-order valence-electron chi connectivity index (χ2n) is 12.0. The van der Waals surface area contributed by atoms with Crippen LogP contribution in [0.15, 0.2) is 198 Å². The summed E-state index contributed by atoms with van der Waals surface area (Å²) in [7, 11) is 0. The van der Waals surface area contributed by atoms with Crippen LogP contribution >= 0.6 is 0 Å². The molecule has 0 unspecified atom stereocenters. The lowest BCUT2D eigenvalue weighted by molar-refractivity contribution is 0.634. The Bertz CT molecular complexity index is 3660. The van der Waals surface area contributed by atoms with Crippen LogP contribution in [-0.2, 0) is 0 Å². The van der Waals surface area contributed by atoms with Crippen molar-refractivity contribution in [2.24, 2.45) is 0 Å². The second kappa shape index (κ2) is 12.0. The van der Waals surface area contributed by atoms with Crippen LogP contribution < -0.4 is 0 Å². The van der Waals surface area contributed by atoms with Gasteiger partial charge in [-0.05, 0) is 60.1 Å². The number of para-hydroxylation sites is 1. The van der Waals surface area contributed by atoms with Gasteiger partial charge >= 0.3 is 0 Å². The van der Waals surface area contributed by atoms with Gasteiger partial charge in [0.2, 0.25) is 0 Å². The van der Waals surface area contributed by atoms with Crippen molar-refractivity contribution in [1.82, 2.24) is 0 Å². The van der Waals surface area contributed by atoms with Gasteiger partial charge in [0.05, 0.1) is 20.6 Å². The third-order valence-electron chi connectivity index (χ3n) is 9.24. The van der Waals surface area contributed by atoms with E-state index >= 15 is 0 Å². The molecule has 0 aliphatic heterocycles. The minimum atomic E-state index is -0.616. The van der Waals surface area contributed by atoms with Crippen LogP contribution in [0.25, 0.3) is 99.1 Å². The third kappa shape index (κ3) is 4.70. The zero-order chi connectivity index (χ0) is 46.8. The first-order chi connectivity index (χ1) is 31.6. The van der Waals surface area contributed by atoms with Crippen LogP contribution in [0.1, 0.15) is 20.6 Å². The molecule has 1 aromatic heterocycles. The molecule has 0 bridgehead atoms. The number of hydrogen-bond acceptors (Lipinski definition) is 1. The van der Waals surface area contributed by atoms with Gasteiger partial charge in [-0.3, -0.25) is 0 Å². The van der Waals surface area contributed by atoms with Crippen LogP contribution in [0, 0.1) is 0 Å². The first-order valence-corrected chi connectivity index (χ1v) is 16.3. The van der Waals surface area contributed by atoms with E-state index in [2.05, 4.69) is 0 Å². The molecular weight excluding hydrogens is 617 g/mol. The summed E-state index contributed by atoms with van der Waals surface area (Å²) in [6, 6.07) is 21.9. The first kappa shape index (κ1) is 17.8. The van der Waals surface area contributed by atoms with Crippen molar-refractivity contribution in [2.45, 2.75) is 0 Å². The van der Waals surface area contributed by atoms with Crippen molar-refractivity contribution < 1.29 is 25.0 Å². The smallest absolute Gasteiger partial charge is 0.143 e.